The Bertz CT molecular complexity index is 347. The minimum absolute atomic E-state index is 0.114. The maximum atomic E-state index is 11.8. The van der Waals surface area contributed by atoms with Crippen LogP contribution in [0.2, 0.25) is 0 Å². The number of carbonyl (C=O) groups excluding carboxylic acids is 1. The molecule has 0 saturated carbocycles. The highest BCUT2D eigenvalue weighted by Crippen LogP contribution is 2.17. The molecule has 1 aliphatic heterocycles. The zero-order valence-electron chi connectivity index (χ0n) is 10.1. The zero-order valence-corrected chi connectivity index (χ0v) is 10.9. The van der Waals surface area contributed by atoms with Gasteiger partial charge in [-0.1, -0.05) is 6.07 Å². The smallest absolute Gasteiger partial charge is 0.275 e. The van der Waals surface area contributed by atoms with Gasteiger partial charge in [0.2, 0.25) is 0 Å². The zero-order chi connectivity index (χ0) is 12.1. The van der Waals surface area contributed by atoms with Crippen LogP contribution >= 0.6 is 11.3 Å². The Morgan fingerprint density at radius 1 is 1.59 bits per heavy atom. The molecule has 94 valence electrons. The molecule has 0 spiro atoms. The third-order valence-electron chi connectivity index (χ3n) is 2.96. The van der Waals surface area contributed by atoms with Gasteiger partial charge in [-0.2, -0.15) is 0 Å². The number of hydrogen-bond donors (Lipinski definition) is 2. The molecule has 1 aromatic rings. The highest BCUT2D eigenvalue weighted by Gasteiger charge is 2.19. The molecule has 1 fully saturated rings. The molecule has 0 bridgehead atoms. The van der Waals surface area contributed by atoms with E-state index in [0.717, 1.165) is 26.3 Å². The first-order valence-corrected chi connectivity index (χ1v) is 6.88. The highest BCUT2D eigenvalue weighted by molar-refractivity contribution is 7.10. The van der Waals surface area contributed by atoms with Gasteiger partial charge in [0.1, 0.15) is 13.1 Å². The van der Waals surface area contributed by atoms with Crippen LogP contribution in [0.4, 0.5) is 0 Å². The molecule has 5 heteroatoms. The van der Waals surface area contributed by atoms with Crippen molar-refractivity contribution in [2.24, 2.45) is 0 Å². The van der Waals surface area contributed by atoms with E-state index in [1.54, 1.807) is 11.3 Å². The van der Waals surface area contributed by atoms with E-state index in [1.807, 2.05) is 18.4 Å². The summed E-state index contributed by atoms with van der Waals surface area (Å²) in [6.07, 6.45) is 0. The maximum absolute atomic E-state index is 11.8. The normalized spacial score (nSPS) is 18.9. The summed E-state index contributed by atoms with van der Waals surface area (Å²) in [6, 6.07) is 4.18. The van der Waals surface area contributed by atoms with Crippen LogP contribution in [-0.2, 0) is 9.53 Å². The van der Waals surface area contributed by atoms with Gasteiger partial charge in [0, 0.05) is 4.88 Å². The second-order valence-corrected chi connectivity index (χ2v) is 5.32. The molecule has 1 aromatic heterocycles. The fourth-order valence-corrected chi connectivity index (χ4v) is 2.70. The molecule has 0 unspecified atom stereocenters. The van der Waals surface area contributed by atoms with Crippen molar-refractivity contribution >= 4 is 17.2 Å². The first-order valence-electron chi connectivity index (χ1n) is 6.00. The summed E-state index contributed by atoms with van der Waals surface area (Å²) < 4.78 is 5.27. The number of quaternary nitrogens is 1. The third-order valence-corrected chi connectivity index (χ3v) is 4.01. The lowest BCUT2D eigenvalue weighted by atomic mass is 10.2. The summed E-state index contributed by atoms with van der Waals surface area (Å²) in [7, 11) is 0. The summed E-state index contributed by atoms with van der Waals surface area (Å²) in [6.45, 7) is 5.98. The maximum Gasteiger partial charge on any atom is 0.275 e. The van der Waals surface area contributed by atoms with E-state index in [9.17, 15) is 4.79 Å². The fourth-order valence-electron chi connectivity index (χ4n) is 1.97. The van der Waals surface area contributed by atoms with Crippen LogP contribution < -0.4 is 10.2 Å². The van der Waals surface area contributed by atoms with E-state index >= 15 is 0 Å². The summed E-state index contributed by atoms with van der Waals surface area (Å²) in [5, 5.41) is 5.07. The summed E-state index contributed by atoms with van der Waals surface area (Å²) in [4.78, 5) is 14.4. The van der Waals surface area contributed by atoms with Crippen molar-refractivity contribution in [2.75, 3.05) is 32.8 Å². The van der Waals surface area contributed by atoms with Gasteiger partial charge in [-0.25, -0.2) is 0 Å². The monoisotopic (exact) mass is 255 g/mol. The number of nitrogens with one attached hydrogen (secondary N) is 2. The van der Waals surface area contributed by atoms with Gasteiger partial charge < -0.3 is 15.0 Å². The van der Waals surface area contributed by atoms with Gasteiger partial charge in [-0.15, -0.1) is 11.3 Å². The molecule has 0 aliphatic carbocycles. The molecule has 2 N–H and O–H groups in total. The van der Waals surface area contributed by atoms with Crippen LogP contribution in [0.25, 0.3) is 0 Å². The number of rotatable bonds is 4. The first-order chi connectivity index (χ1) is 8.25. The minimum Gasteiger partial charge on any atom is -0.370 e. The van der Waals surface area contributed by atoms with Crippen LogP contribution in [0.1, 0.15) is 17.8 Å². The average molecular weight is 255 g/mol. The molecule has 0 radical (unpaired) electrons. The second-order valence-electron chi connectivity index (χ2n) is 4.34. The molecule has 1 amide bonds. The number of thiophene rings is 1. The predicted molar refractivity (Wildman–Crippen MR) is 67.3 cm³/mol. The molecular weight excluding hydrogens is 236 g/mol. The molecule has 1 atom stereocenters. The quantitative estimate of drug-likeness (QED) is 0.785. The van der Waals surface area contributed by atoms with E-state index in [4.69, 9.17) is 4.74 Å². The van der Waals surface area contributed by atoms with Crippen molar-refractivity contribution in [1.29, 1.82) is 0 Å². The van der Waals surface area contributed by atoms with Gasteiger partial charge in [-0.3, -0.25) is 4.79 Å². The lowest BCUT2D eigenvalue weighted by Gasteiger charge is -2.23. The Balaban J connectivity index is 1.76. The Morgan fingerprint density at radius 3 is 3.00 bits per heavy atom. The Morgan fingerprint density at radius 2 is 2.35 bits per heavy atom. The number of morpholine rings is 1. The lowest BCUT2D eigenvalue weighted by molar-refractivity contribution is -0.900. The van der Waals surface area contributed by atoms with Crippen molar-refractivity contribution in [1.82, 2.24) is 5.32 Å². The number of amides is 1. The molecule has 0 aromatic carbocycles. The fraction of sp³-hybridized carbons (Fsp3) is 0.583. The molecular formula is C12H19N2O2S+. The SMILES string of the molecule is C[C@@H](NC(=O)C[NH+]1CCOCC1)c1cccs1. The van der Waals surface area contributed by atoms with Crippen molar-refractivity contribution < 1.29 is 14.4 Å². The van der Waals surface area contributed by atoms with Gasteiger partial charge in [0.25, 0.3) is 5.91 Å². The van der Waals surface area contributed by atoms with Crippen molar-refractivity contribution in [3.8, 4) is 0 Å². The molecule has 4 nitrogen and oxygen atoms in total. The molecule has 17 heavy (non-hydrogen) atoms. The van der Waals surface area contributed by atoms with Crippen LogP contribution in [0.5, 0.6) is 0 Å². The average Bonchev–Trinajstić information content (AvgIpc) is 2.83. The van der Waals surface area contributed by atoms with Crippen molar-refractivity contribution in [3.05, 3.63) is 22.4 Å². The topological polar surface area (TPSA) is 42.8 Å². The summed E-state index contributed by atoms with van der Waals surface area (Å²) >= 11 is 1.68. The third kappa shape index (κ3) is 3.80. The van der Waals surface area contributed by atoms with E-state index in [-0.39, 0.29) is 11.9 Å². The molecule has 1 saturated heterocycles. The first kappa shape index (κ1) is 12.5. The van der Waals surface area contributed by atoms with Gasteiger partial charge in [-0.05, 0) is 18.4 Å². The Kier molecular flexibility index (Phi) is 4.53. The van der Waals surface area contributed by atoms with E-state index in [0.29, 0.717) is 6.54 Å². The molecule has 2 heterocycles. The van der Waals surface area contributed by atoms with Gasteiger partial charge in [0.05, 0.1) is 19.3 Å². The molecule has 2 rings (SSSR count). The second kappa shape index (κ2) is 6.14. The Labute approximate surface area is 106 Å². The summed E-state index contributed by atoms with van der Waals surface area (Å²) in [5.41, 5.74) is 0. The van der Waals surface area contributed by atoms with E-state index in [1.165, 1.54) is 9.78 Å². The van der Waals surface area contributed by atoms with Crippen LogP contribution in [0, 0.1) is 0 Å². The van der Waals surface area contributed by atoms with Crippen molar-refractivity contribution in [3.63, 3.8) is 0 Å². The molecule has 1 aliphatic rings. The summed E-state index contributed by atoms with van der Waals surface area (Å²) in [5.74, 6) is 0.128. The van der Waals surface area contributed by atoms with Gasteiger partial charge in [0.15, 0.2) is 6.54 Å². The highest BCUT2D eigenvalue weighted by atomic mass is 32.1. The minimum atomic E-state index is 0.114. The van der Waals surface area contributed by atoms with E-state index < -0.39 is 0 Å². The van der Waals surface area contributed by atoms with Crippen LogP contribution in [0.3, 0.4) is 0 Å². The lowest BCUT2D eigenvalue weighted by Crippen LogP contribution is -3.15. The van der Waals surface area contributed by atoms with Crippen molar-refractivity contribution in [2.45, 2.75) is 13.0 Å². The Hall–Kier alpha value is -0.910. The van der Waals surface area contributed by atoms with Crippen LogP contribution in [0.15, 0.2) is 17.5 Å². The largest absolute Gasteiger partial charge is 0.370 e. The standard InChI is InChI=1S/C12H18N2O2S/c1-10(11-3-2-8-17-11)13-12(15)9-14-4-6-16-7-5-14/h2-3,8,10H,4-7,9H2,1H3,(H,13,15)/p+1/t10-/m1/s1. The predicted octanol–water partition coefficient (Wildman–Crippen LogP) is -0.160. The number of ether oxygens (including phenoxy) is 1. The number of carbonyl (C=O) groups is 1. The number of hydrogen-bond acceptors (Lipinski definition) is 3. The van der Waals surface area contributed by atoms with E-state index in [2.05, 4.69) is 11.4 Å². The van der Waals surface area contributed by atoms with Gasteiger partial charge >= 0.3 is 0 Å². The van der Waals surface area contributed by atoms with Crippen LogP contribution in [-0.4, -0.2) is 38.8 Å².